The van der Waals surface area contributed by atoms with Gasteiger partial charge in [-0.3, -0.25) is 4.79 Å². The highest BCUT2D eigenvalue weighted by atomic mass is 32.2. The highest BCUT2D eigenvalue weighted by molar-refractivity contribution is 8.00. The number of benzene rings is 1. The van der Waals surface area contributed by atoms with Crippen LogP contribution < -0.4 is 0 Å². The minimum Gasteiger partial charge on any atom is -0.508 e. The lowest BCUT2D eigenvalue weighted by molar-refractivity contribution is -0.142. The second-order valence-electron chi connectivity index (χ2n) is 11.7. The van der Waals surface area contributed by atoms with Gasteiger partial charge in [-0.1, -0.05) is 136 Å². The number of carbonyl (C=O) groups excluding carboxylic acids is 1. The number of phenols is 1. The molecule has 0 saturated heterocycles. The van der Waals surface area contributed by atoms with Crippen LogP contribution in [-0.4, -0.2) is 28.7 Å². The highest BCUT2D eigenvalue weighted by Gasteiger charge is 2.23. The molecule has 1 rings (SSSR count). The second kappa shape index (κ2) is 20.8. The lowest BCUT2D eigenvalue weighted by Crippen LogP contribution is -2.23. The van der Waals surface area contributed by atoms with Crippen LogP contribution in [0.1, 0.15) is 148 Å². The molecule has 0 aromatic heterocycles. The van der Waals surface area contributed by atoms with Crippen molar-refractivity contribution in [2.24, 2.45) is 0 Å². The van der Waals surface area contributed by atoms with Crippen LogP contribution in [-0.2, 0) is 21.4 Å². The van der Waals surface area contributed by atoms with Crippen LogP contribution in [0.15, 0.2) is 18.2 Å². The maximum absolute atomic E-state index is 12.6. The van der Waals surface area contributed by atoms with Crippen LogP contribution in [0.4, 0.5) is 0 Å². The van der Waals surface area contributed by atoms with Crippen molar-refractivity contribution in [3.63, 3.8) is 0 Å². The second-order valence-corrected chi connectivity index (χ2v) is 13.0. The summed E-state index contributed by atoms with van der Waals surface area (Å²) in [6.45, 7) is 10.9. The first kappa shape index (κ1) is 33.9. The Bertz CT molecular complexity index is 710. The summed E-state index contributed by atoms with van der Waals surface area (Å²) in [5, 5.41) is 10.1. The van der Waals surface area contributed by atoms with Crippen molar-refractivity contribution in [3.05, 3.63) is 29.3 Å². The zero-order valence-corrected chi connectivity index (χ0v) is 25.7. The van der Waals surface area contributed by atoms with Gasteiger partial charge in [-0.05, 0) is 48.1 Å². The van der Waals surface area contributed by atoms with E-state index in [9.17, 15) is 9.90 Å². The molecule has 1 atom stereocenters. The Kier molecular flexibility index (Phi) is 19.0. The fraction of sp³-hybridized carbons (Fsp3) is 0.788. The molecule has 1 aromatic carbocycles. The molecule has 3 nitrogen and oxygen atoms in total. The normalized spacial score (nSPS) is 12.6. The van der Waals surface area contributed by atoms with Crippen molar-refractivity contribution in [2.75, 3.05) is 12.4 Å². The molecule has 0 spiro atoms. The first-order chi connectivity index (χ1) is 17.8. The third-order valence-electron chi connectivity index (χ3n) is 7.16. The molecule has 0 aliphatic rings. The fourth-order valence-corrected chi connectivity index (χ4v) is 6.02. The van der Waals surface area contributed by atoms with Crippen LogP contribution in [0.3, 0.4) is 0 Å². The number of esters is 1. The Morgan fingerprint density at radius 1 is 0.811 bits per heavy atom. The van der Waals surface area contributed by atoms with Gasteiger partial charge in [0, 0.05) is 0 Å². The molecule has 0 amide bonds. The maximum atomic E-state index is 12.6. The molecule has 1 N–H and O–H groups in total. The van der Waals surface area contributed by atoms with E-state index in [1.54, 1.807) is 17.8 Å². The van der Waals surface area contributed by atoms with Gasteiger partial charge in [0.25, 0.3) is 0 Å². The van der Waals surface area contributed by atoms with Crippen molar-refractivity contribution in [1.82, 2.24) is 0 Å². The predicted molar refractivity (Wildman–Crippen MR) is 163 cm³/mol. The lowest BCUT2D eigenvalue weighted by atomic mass is 9.85. The molecule has 214 valence electrons. The molecule has 37 heavy (non-hydrogen) atoms. The van der Waals surface area contributed by atoms with E-state index in [2.05, 4.69) is 33.8 Å². The maximum Gasteiger partial charge on any atom is 0.319 e. The third-order valence-corrected chi connectivity index (χ3v) is 8.44. The number of thioether (sulfide) groups is 1. The van der Waals surface area contributed by atoms with Crippen LogP contribution in [0.2, 0.25) is 0 Å². The fourth-order valence-electron chi connectivity index (χ4n) is 4.85. The average Bonchev–Trinajstić information content (AvgIpc) is 2.85. The molecule has 0 aliphatic heterocycles. The van der Waals surface area contributed by atoms with Crippen LogP contribution in [0.5, 0.6) is 5.75 Å². The van der Waals surface area contributed by atoms with Crippen molar-refractivity contribution < 1.29 is 14.6 Å². The monoisotopic (exact) mass is 534 g/mol. The summed E-state index contributed by atoms with van der Waals surface area (Å²) in [6, 6.07) is 5.75. The van der Waals surface area contributed by atoms with Crippen molar-refractivity contribution in [2.45, 2.75) is 154 Å². The number of unbranched alkanes of at least 4 members (excludes halogenated alkanes) is 15. The quantitative estimate of drug-likeness (QED) is 0.119. The third kappa shape index (κ3) is 16.4. The predicted octanol–water partition coefficient (Wildman–Crippen LogP) is 10.2. The number of aromatic hydroxyl groups is 1. The summed E-state index contributed by atoms with van der Waals surface area (Å²) < 4.78 is 5.37. The summed E-state index contributed by atoms with van der Waals surface area (Å²) in [7, 11) is 0. The topological polar surface area (TPSA) is 46.5 Å². The van der Waals surface area contributed by atoms with E-state index in [0.717, 1.165) is 23.3 Å². The number of hydrogen-bond donors (Lipinski definition) is 1. The summed E-state index contributed by atoms with van der Waals surface area (Å²) >= 11 is 1.73. The van der Waals surface area contributed by atoms with Gasteiger partial charge in [-0.15, -0.1) is 11.8 Å². The van der Waals surface area contributed by atoms with Crippen LogP contribution in [0.25, 0.3) is 0 Å². The number of carbonyl (C=O) groups is 1. The summed E-state index contributed by atoms with van der Waals surface area (Å²) in [4.78, 5) is 12.6. The molecule has 0 bridgehead atoms. The summed E-state index contributed by atoms with van der Waals surface area (Å²) in [6.07, 6.45) is 22.6. The first-order valence-corrected chi connectivity index (χ1v) is 16.4. The first-order valence-electron chi connectivity index (χ1n) is 15.4. The van der Waals surface area contributed by atoms with Crippen LogP contribution >= 0.6 is 11.8 Å². The SMILES string of the molecule is CCCCCCCCCCCCCCCCCCSC(Cc1ccc(O)c(C(C)(C)C)c1)C(=O)OCC. The zero-order valence-electron chi connectivity index (χ0n) is 24.9. The Labute approximate surface area is 233 Å². The van der Waals surface area contributed by atoms with Gasteiger partial charge in [0.05, 0.1) is 6.61 Å². The van der Waals surface area contributed by atoms with E-state index in [-0.39, 0.29) is 16.6 Å². The van der Waals surface area contributed by atoms with Crippen molar-refractivity contribution in [1.29, 1.82) is 0 Å². The van der Waals surface area contributed by atoms with Gasteiger partial charge in [0.15, 0.2) is 0 Å². The smallest absolute Gasteiger partial charge is 0.319 e. The molecule has 0 radical (unpaired) electrons. The van der Waals surface area contributed by atoms with E-state index in [1.807, 2.05) is 13.0 Å². The van der Waals surface area contributed by atoms with Gasteiger partial charge in [0.1, 0.15) is 11.0 Å². The van der Waals surface area contributed by atoms with Gasteiger partial charge in [-0.25, -0.2) is 0 Å². The number of rotatable bonds is 22. The molecular formula is C33H58O3S. The van der Waals surface area contributed by atoms with Gasteiger partial charge < -0.3 is 9.84 Å². The molecule has 4 heteroatoms. The standard InChI is InChI=1S/C33H58O3S/c1-6-8-9-10-11-12-13-14-15-16-17-18-19-20-21-22-25-37-31(32(35)36-7-2)27-28-23-24-30(34)29(26-28)33(3,4)5/h23-24,26,31,34H,6-22,25,27H2,1-5H3. The van der Waals surface area contributed by atoms with Crippen LogP contribution in [0, 0.1) is 0 Å². The van der Waals surface area contributed by atoms with Gasteiger partial charge >= 0.3 is 5.97 Å². The van der Waals surface area contributed by atoms with E-state index in [1.165, 1.54) is 96.3 Å². The Morgan fingerprint density at radius 3 is 1.76 bits per heavy atom. The van der Waals surface area contributed by atoms with Gasteiger partial charge in [0.2, 0.25) is 0 Å². The van der Waals surface area contributed by atoms with E-state index in [4.69, 9.17) is 4.74 Å². The molecular weight excluding hydrogens is 476 g/mol. The summed E-state index contributed by atoms with van der Waals surface area (Å²) in [5.74, 6) is 1.20. The summed E-state index contributed by atoms with van der Waals surface area (Å²) in [5.41, 5.74) is 1.87. The number of hydrogen-bond acceptors (Lipinski definition) is 4. The van der Waals surface area contributed by atoms with Gasteiger partial charge in [-0.2, -0.15) is 0 Å². The Hall–Kier alpha value is -1.16. The van der Waals surface area contributed by atoms with E-state index in [0.29, 0.717) is 18.8 Å². The van der Waals surface area contributed by atoms with Crippen molar-refractivity contribution >= 4 is 17.7 Å². The lowest BCUT2D eigenvalue weighted by Gasteiger charge is -2.22. The van der Waals surface area contributed by atoms with E-state index >= 15 is 0 Å². The molecule has 0 fully saturated rings. The molecule has 1 unspecified atom stereocenters. The Morgan fingerprint density at radius 2 is 1.30 bits per heavy atom. The minimum absolute atomic E-state index is 0.116. The largest absolute Gasteiger partial charge is 0.508 e. The molecule has 0 saturated carbocycles. The highest BCUT2D eigenvalue weighted by Crippen LogP contribution is 2.32. The molecule has 0 aliphatic carbocycles. The zero-order chi connectivity index (χ0) is 27.4. The van der Waals surface area contributed by atoms with Crippen molar-refractivity contribution in [3.8, 4) is 5.75 Å². The minimum atomic E-state index is -0.186. The molecule has 1 aromatic rings. The average molecular weight is 535 g/mol. The Balaban J connectivity index is 2.19. The number of phenolic OH excluding ortho intramolecular Hbond substituents is 1. The van der Waals surface area contributed by atoms with E-state index < -0.39 is 0 Å². The number of ether oxygens (including phenoxy) is 1. The molecule has 0 heterocycles.